The van der Waals surface area contributed by atoms with Crippen LogP contribution in [0.2, 0.25) is 0 Å². The minimum atomic E-state index is -0.138. The van der Waals surface area contributed by atoms with Crippen LogP contribution in [0.5, 0.6) is 5.75 Å². The Labute approximate surface area is 131 Å². The van der Waals surface area contributed by atoms with Gasteiger partial charge < -0.3 is 10.1 Å². The SMILES string of the molecule is N#CCOc1ccccc1NC(=O)Cc1cccc(Br)c1. The van der Waals surface area contributed by atoms with Crippen molar-refractivity contribution in [3.05, 3.63) is 58.6 Å². The summed E-state index contributed by atoms with van der Waals surface area (Å²) in [6.07, 6.45) is 0.270. The number of amides is 1. The maximum atomic E-state index is 12.1. The summed E-state index contributed by atoms with van der Waals surface area (Å²) in [5.74, 6) is 0.350. The molecule has 106 valence electrons. The van der Waals surface area contributed by atoms with Gasteiger partial charge in [0.15, 0.2) is 6.61 Å². The zero-order valence-electron chi connectivity index (χ0n) is 11.2. The fraction of sp³-hybridized carbons (Fsp3) is 0.125. The van der Waals surface area contributed by atoms with Crippen LogP contribution >= 0.6 is 15.9 Å². The van der Waals surface area contributed by atoms with Gasteiger partial charge in [-0.3, -0.25) is 4.79 Å². The maximum absolute atomic E-state index is 12.1. The molecule has 0 spiro atoms. The molecule has 5 heteroatoms. The van der Waals surface area contributed by atoms with Gasteiger partial charge in [0, 0.05) is 4.47 Å². The summed E-state index contributed by atoms with van der Waals surface area (Å²) in [7, 11) is 0. The number of ether oxygens (including phenoxy) is 1. The molecule has 2 aromatic carbocycles. The van der Waals surface area contributed by atoms with E-state index in [4.69, 9.17) is 10.00 Å². The van der Waals surface area contributed by atoms with Gasteiger partial charge in [-0.15, -0.1) is 0 Å². The molecule has 0 aromatic heterocycles. The molecule has 2 aromatic rings. The Morgan fingerprint density at radius 3 is 2.81 bits per heavy atom. The van der Waals surface area contributed by atoms with Crippen molar-refractivity contribution in [2.45, 2.75) is 6.42 Å². The number of hydrogen-bond donors (Lipinski definition) is 1. The van der Waals surface area contributed by atoms with E-state index in [0.717, 1.165) is 10.0 Å². The van der Waals surface area contributed by atoms with E-state index in [9.17, 15) is 4.79 Å². The third-order valence-electron chi connectivity index (χ3n) is 2.71. The molecular weight excluding hydrogens is 332 g/mol. The first-order chi connectivity index (χ1) is 10.2. The smallest absolute Gasteiger partial charge is 0.228 e. The summed E-state index contributed by atoms with van der Waals surface area (Å²) < 4.78 is 6.21. The number of nitrogens with one attached hydrogen (secondary N) is 1. The Balaban J connectivity index is 2.04. The lowest BCUT2D eigenvalue weighted by molar-refractivity contribution is -0.115. The van der Waals surface area contributed by atoms with Crippen molar-refractivity contribution in [3.63, 3.8) is 0 Å². The van der Waals surface area contributed by atoms with Crippen LogP contribution in [0.1, 0.15) is 5.56 Å². The highest BCUT2D eigenvalue weighted by Gasteiger charge is 2.08. The van der Waals surface area contributed by atoms with Gasteiger partial charge in [0.1, 0.15) is 11.8 Å². The summed E-state index contributed by atoms with van der Waals surface area (Å²) in [6.45, 7) is -0.0570. The first-order valence-electron chi connectivity index (χ1n) is 6.32. The number of rotatable bonds is 5. The molecule has 2 rings (SSSR count). The Bertz CT molecular complexity index is 680. The van der Waals surface area contributed by atoms with Crippen LogP contribution < -0.4 is 10.1 Å². The van der Waals surface area contributed by atoms with Crippen molar-refractivity contribution in [3.8, 4) is 11.8 Å². The largest absolute Gasteiger partial charge is 0.477 e. The molecule has 4 nitrogen and oxygen atoms in total. The van der Waals surface area contributed by atoms with Crippen LogP contribution in [0, 0.1) is 11.3 Å². The average molecular weight is 345 g/mol. The van der Waals surface area contributed by atoms with Crippen LogP contribution in [0.3, 0.4) is 0 Å². The van der Waals surface area contributed by atoms with Gasteiger partial charge in [-0.25, -0.2) is 0 Å². The minimum absolute atomic E-state index is 0.0570. The van der Waals surface area contributed by atoms with E-state index in [2.05, 4.69) is 21.2 Å². The van der Waals surface area contributed by atoms with E-state index in [1.807, 2.05) is 30.3 Å². The highest BCUT2D eigenvalue weighted by molar-refractivity contribution is 9.10. The lowest BCUT2D eigenvalue weighted by Crippen LogP contribution is -2.15. The van der Waals surface area contributed by atoms with Crippen LogP contribution in [0.25, 0.3) is 0 Å². The van der Waals surface area contributed by atoms with E-state index in [-0.39, 0.29) is 18.9 Å². The first-order valence-corrected chi connectivity index (χ1v) is 7.11. The molecule has 0 heterocycles. The summed E-state index contributed by atoms with van der Waals surface area (Å²) >= 11 is 3.38. The third kappa shape index (κ3) is 4.62. The zero-order valence-corrected chi connectivity index (χ0v) is 12.8. The lowest BCUT2D eigenvalue weighted by atomic mass is 10.1. The van der Waals surface area contributed by atoms with Gasteiger partial charge in [-0.05, 0) is 29.8 Å². The predicted octanol–water partition coefficient (Wildman–Crippen LogP) is 3.53. The number of anilines is 1. The molecule has 0 aliphatic heterocycles. The summed E-state index contributed by atoms with van der Waals surface area (Å²) in [6, 6.07) is 16.5. The molecule has 1 N–H and O–H groups in total. The van der Waals surface area contributed by atoms with Crippen LogP contribution in [0.4, 0.5) is 5.69 Å². The number of carbonyl (C=O) groups excluding carboxylic acids is 1. The van der Waals surface area contributed by atoms with Gasteiger partial charge >= 0.3 is 0 Å². The summed E-state index contributed by atoms with van der Waals surface area (Å²) in [5.41, 5.74) is 1.48. The van der Waals surface area contributed by atoms with E-state index in [1.165, 1.54) is 0 Å². The van der Waals surface area contributed by atoms with Crippen molar-refractivity contribution in [1.82, 2.24) is 0 Å². The zero-order chi connectivity index (χ0) is 15.1. The van der Waals surface area contributed by atoms with Crippen LogP contribution in [0.15, 0.2) is 53.0 Å². The Hall–Kier alpha value is -2.32. The fourth-order valence-corrected chi connectivity index (χ4v) is 2.28. The second-order valence-electron chi connectivity index (χ2n) is 4.30. The number of carbonyl (C=O) groups is 1. The molecule has 21 heavy (non-hydrogen) atoms. The Kier molecular flexibility index (Phi) is 5.35. The number of nitrogens with zero attached hydrogens (tertiary/aromatic N) is 1. The lowest BCUT2D eigenvalue weighted by Gasteiger charge is -2.10. The number of nitriles is 1. The van der Waals surface area contributed by atoms with Crippen molar-refractivity contribution >= 4 is 27.5 Å². The molecular formula is C16H13BrN2O2. The number of benzene rings is 2. The molecule has 0 atom stereocenters. The Morgan fingerprint density at radius 2 is 2.05 bits per heavy atom. The molecule has 0 bridgehead atoms. The monoisotopic (exact) mass is 344 g/mol. The normalized spacial score (nSPS) is 9.71. The van der Waals surface area contributed by atoms with Crippen molar-refractivity contribution in [2.75, 3.05) is 11.9 Å². The van der Waals surface area contributed by atoms with Gasteiger partial charge in [-0.1, -0.05) is 40.2 Å². The number of hydrogen-bond acceptors (Lipinski definition) is 3. The van der Waals surface area contributed by atoms with E-state index in [1.54, 1.807) is 24.3 Å². The number of para-hydroxylation sites is 2. The fourth-order valence-electron chi connectivity index (χ4n) is 1.83. The van der Waals surface area contributed by atoms with Crippen molar-refractivity contribution < 1.29 is 9.53 Å². The summed E-state index contributed by atoms with van der Waals surface area (Å²) in [4.78, 5) is 12.1. The third-order valence-corrected chi connectivity index (χ3v) is 3.20. The molecule has 0 radical (unpaired) electrons. The first kappa shape index (κ1) is 15.1. The van der Waals surface area contributed by atoms with Crippen molar-refractivity contribution in [2.24, 2.45) is 0 Å². The quantitative estimate of drug-likeness (QED) is 0.902. The van der Waals surface area contributed by atoms with E-state index < -0.39 is 0 Å². The molecule has 0 fully saturated rings. The molecule has 0 saturated carbocycles. The maximum Gasteiger partial charge on any atom is 0.228 e. The summed E-state index contributed by atoms with van der Waals surface area (Å²) in [5, 5.41) is 11.4. The molecule has 1 amide bonds. The predicted molar refractivity (Wildman–Crippen MR) is 84.0 cm³/mol. The standard InChI is InChI=1S/C16H13BrN2O2/c17-13-5-3-4-12(10-13)11-16(20)19-14-6-1-2-7-15(14)21-9-8-18/h1-7,10H,9,11H2,(H,19,20). The second-order valence-corrected chi connectivity index (χ2v) is 5.21. The second kappa shape index (κ2) is 7.46. The molecule has 0 saturated heterocycles. The van der Waals surface area contributed by atoms with Gasteiger partial charge in [0.2, 0.25) is 5.91 Å². The molecule has 0 aliphatic carbocycles. The topological polar surface area (TPSA) is 62.1 Å². The Morgan fingerprint density at radius 1 is 1.24 bits per heavy atom. The van der Waals surface area contributed by atoms with Gasteiger partial charge in [-0.2, -0.15) is 5.26 Å². The van der Waals surface area contributed by atoms with E-state index in [0.29, 0.717) is 11.4 Å². The highest BCUT2D eigenvalue weighted by Crippen LogP contribution is 2.24. The van der Waals surface area contributed by atoms with Crippen LogP contribution in [-0.4, -0.2) is 12.5 Å². The van der Waals surface area contributed by atoms with Crippen molar-refractivity contribution in [1.29, 1.82) is 5.26 Å². The molecule has 0 unspecified atom stereocenters. The minimum Gasteiger partial charge on any atom is -0.477 e. The van der Waals surface area contributed by atoms with Gasteiger partial charge in [0.05, 0.1) is 12.1 Å². The van der Waals surface area contributed by atoms with Gasteiger partial charge in [0.25, 0.3) is 0 Å². The highest BCUT2D eigenvalue weighted by atomic mass is 79.9. The molecule has 0 aliphatic rings. The average Bonchev–Trinajstić information content (AvgIpc) is 2.46. The van der Waals surface area contributed by atoms with Crippen LogP contribution in [-0.2, 0) is 11.2 Å². The number of halogens is 1. The van der Waals surface area contributed by atoms with E-state index >= 15 is 0 Å².